The number of rotatable bonds is 5. The molecule has 0 unspecified atom stereocenters. The lowest BCUT2D eigenvalue weighted by molar-refractivity contribution is 0.281. The predicted octanol–water partition coefficient (Wildman–Crippen LogP) is 2.20. The van der Waals surface area contributed by atoms with Crippen molar-refractivity contribution in [2.45, 2.75) is 39.8 Å². The van der Waals surface area contributed by atoms with E-state index in [1.54, 1.807) is 6.20 Å². The van der Waals surface area contributed by atoms with Crippen molar-refractivity contribution in [2.24, 2.45) is 0 Å². The van der Waals surface area contributed by atoms with Crippen LogP contribution in [0.2, 0.25) is 0 Å². The minimum Gasteiger partial charge on any atom is -0.392 e. The largest absolute Gasteiger partial charge is 0.392 e. The van der Waals surface area contributed by atoms with E-state index >= 15 is 0 Å². The summed E-state index contributed by atoms with van der Waals surface area (Å²) < 4.78 is 0. The van der Waals surface area contributed by atoms with Gasteiger partial charge in [-0.3, -0.25) is 0 Å². The number of hydrogen-bond acceptors (Lipinski definition) is 3. The Kier molecular flexibility index (Phi) is 4.56. The number of hydrogen-bond donors (Lipinski definition) is 1. The van der Waals surface area contributed by atoms with Crippen LogP contribution < -0.4 is 4.90 Å². The minimum atomic E-state index is 0.0770. The van der Waals surface area contributed by atoms with Gasteiger partial charge in [0.05, 0.1) is 6.61 Å². The van der Waals surface area contributed by atoms with Crippen LogP contribution in [0.15, 0.2) is 18.3 Å². The van der Waals surface area contributed by atoms with Gasteiger partial charge in [0, 0.05) is 18.8 Å². The zero-order chi connectivity index (χ0) is 11.3. The van der Waals surface area contributed by atoms with Gasteiger partial charge in [-0.1, -0.05) is 6.92 Å². The summed E-state index contributed by atoms with van der Waals surface area (Å²) in [5.41, 5.74) is 0.918. The molecule has 0 atom stereocenters. The number of pyridine rings is 1. The summed E-state index contributed by atoms with van der Waals surface area (Å²) >= 11 is 0. The van der Waals surface area contributed by atoms with E-state index in [4.69, 9.17) is 5.11 Å². The Morgan fingerprint density at radius 3 is 2.73 bits per heavy atom. The van der Waals surface area contributed by atoms with Gasteiger partial charge in [0.25, 0.3) is 0 Å². The lowest BCUT2D eigenvalue weighted by Crippen LogP contribution is -2.32. The lowest BCUT2D eigenvalue weighted by Gasteiger charge is -2.27. The van der Waals surface area contributed by atoms with E-state index < -0.39 is 0 Å². The van der Waals surface area contributed by atoms with Gasteiger partial charge in [-0.25, -0.2) is 4.98 Å². The van der Waals surface area contributed by atoms with E-state index in [1.807, 2.05) is 12.1 Å². The smallest absolute Gasteiger partial charge is 0.129 e. The van der Waals surface area contributed by atoms with E-state index in [9.17, 15) is 0 Å². The molecule has 1 aromatic heterocycles. The molecule has 0 amide bonds. The first-order chi connectivity index (χ1) is 7.19. The summed E-state index contributed by atoms with van der Waals surface area (Å²) in [7, 11) is 0. The maximum absolute atomic E-state index is 9.07. The SMILES string of the molecule is CCCN(c1cc(CO)ccn1)C(C)C. The molecular formula is C12H20N2O. The van der Waals surface area contributed by atoms with Crippen LogP contribution in [-0.2, 0) is 6.61 Å². The zero-order valence-electron chi connectivity index (χ0n) is 9.77. The molecular weight excluding hydrogens is 188 g/mol. The zero-order valence-corrected chi connectivity index (χ0v) is 9.77. The average molecular weight is 208 g/mol. The Labute approximate surface area is 91.8 Å². The molecule has 0 aromatic carbocycles. The van der Waals surface area contributed by atoms with Gasteiger partial charge in [0.2, 0.25) is 0 Å². The molecule has 0 bridgehead atoms. The van der Waals surface area contributed by atoms with E-state index in [2.05, 4.69) is 30.7 Å². The first-order valence-corrected chi connectivity index (χ1v) is 5.51. The van der Waals surface area contributed by atoms with Gasteiger partial charge in [-0.2, -0.15) is 0 Å². The summed E-state index contributed by atoms with van der Waals surface area (Å²) in [6, 6.07) is 4.23. The van der Waals surface area contributed by atoms with Gasteiger partial charge >= 0.3 is 0 Å². The third-order valence-electron chi connectivity index (χ3n) is 2.37. The number of aliphatic hydroxyl groups is 1. The molecule has 0 aliphatic heterocycles. The first-order valence-electron chi connectivity index (χ1n) is 5.51. The van der Waals surface area contributed by atoms with Crippen LogP contribution in [0.3, 0.4) is 0 Å². The van der Waals surface area contributed by atoms with E-state index in [1.165, 1.54) is 0 Å². The monoisotopic (exact) mass is 208 g/mol. The second-order valence-corrected chi connectivity index (χ2v) is 3.97. The van der Waals surface area contributed by atoms with Crippen LogP contribution in [0.1, 0.15) is 32.8 Å². The molecule has 1 aromatic rings. The topological polar surface area (TPSA) is 36.4 Å². The summed E-state index contributed by atoms with van der Waals surface area (Å²) in [5, 5.41) is 9.07. The van der Waals surface area contributed by atoms with Gasteiger partial charge in [-0.15, -0.1) is 0 Å². The normalized spacial score (nSPS) is 10.7. The number of aliphatic hydroxyl groups excluding tert-OH is 1. The van der Waals surface area contributed by atoms with Gasteiger partial charge in [0.15, 0.2) is 0 Å². The third kappa shape index (κ3) is 3.20. The standard InChI is InChI=1S/C12H20N2O/c1-4-7-14(10(2)3)12-8-11(9-15)5-6-13-12/h5-6,8,10,15H,4,7,9H2,1-3H3. The molecule has 0 aliphatic rings. The molecule has 84 valence electrons. The molecule has 3 nitrogen and oxygen atoms in total. The second-order valence-electron chi connectivity index (χ2n) is 3.97. The second kappa shape index (κ2) is 5.71. The number of nitrogens with zero attached hydrogens (tertiary/aromatic N) is 2. The maximum Gasteiger partial charge on any atom is 0.129 e. The summed E-state index contributed by atoms with van der Waals surface area (Å²) in [6.45, 7) is 7.55. The lowest BCUT2D eigenvalue weighted by atomic mass is 10.2. The van der Waals surface area contributed by atoms with Crippen molar-refractivity contribution in [3.8, 4) is 0 Å². The van der Waals surface area contributed by atoms with Crippen molar-refractivity contribution >= 4 is 5.82 Å². The van der Waals surface area contributed by atoms with Crippen molar-refractivity contribution in [1.82, 2.24) is 4.98 Å². The average Bonchev–Trinajstić information content (AvgIpc) is 2.25. The van der Waals surface area contributed by atoms with Gasteiger partial charge in [0.1, 0.15) is 5.82 Å². The molecule has 0 spiro atoms. The van der Waals surface area contributed by atoms with Crippen molar-refractivity contribution in [3.63, 3.8) is 0 Å². The minimum absolute atomic E-state index is 0.0770. The predicted molar refractivity (Wildman–Crippen MR) is 62.9 cm³/mol. The highest BCUT2D eigenvalue weighted by atomic mass is 16.3. The van der Waals surface area contributed by atoms with E-state index in [0.717, 1.165) is 24.3 Å². The molecule has 0 aliphatic carbocycles. The Hall–Kier alpha value is -1.09. The fourth-order valence-corrected chi connectivity index (χ4v) is 1.59. The molecule has 0 radical (unpaired) electrons. The highest BCUT2D eigenvalue weighted by molar-refractivity contribution is 5.41. The van der Waals surface area contributed by atoms with Crippen LogP contribution in [0, 0.1) is 0 Å². The van der Waals surface area contributed by atoms with Crippen LogP contribution in [0.25, 0.3) is 0 Å². The fraction of sp³-hybridized carbons (Fsp3) is 0.583. The summed E-state index contributed by atoms with van der Waals surface area (Å²) in [4.78, 5) is 6.59. The third-order valence-corrected chi connectivity index (χ3v) is 2.37. The molecule has 0 saturated heterocycles. The molecule has 15 heavy (non-hydrogen) atoms. The van der Waals surface area contributed by atoms with Crippen molar-refractivity contribution in [2.75, 3.05) is 11.4 Å². The van der Waals surface area contributed by atoms with Gasteiger partial charge in [-0.05, 0) is 38.0 Å². The van der Waals surface area contributed by atoms with Crippen LogP contribution in [-0.4, -0.2) is 22.7 Å². The molecule has 1 rings (SSSR count). The van der Waals surface area contributed by atoms with E-state index in [0.29, 0.717) is 6.04 Å². The van der Waals surface area contributed by atoms with Crippen LogP contribution >= 0.6 is 0 Å². The Morgan fingerprint density at radius 2 is 2.20 bits per heavy atom. The summed E-state index contributed by atoms with van der Waals surface area (Å²) in [5.74, 6) is 0.957. The molecule has 3 heteroatoms. The van der Waals surface area contributed by atoms with E-state index in [-0.39, 0.29) is 6.61 Å². The number of aromatic nitrogens is 1. The van der Waals surface area contributed by atoms with Crippen LogP contribution in [0.4, 0.5) is 5.82 Å². The molecule has 0 fully saturated rings. The summed E-state index contributed by atoms with van der Waals surface area (Å²) in [6.07, 6.45) is 2.86. The van der Waals surface area contributed by atoms with Crippen molar-refractivity contribution in [1.29, 1.82) is 0 Å². The quantitative estimate of drug-likeness (QED) is 0.806. The first kappa shape index (κ1) is 12.0. The Bertz CT molecular complexity index is 299. The highest BCUT2D eigenvalue weighted by Gasteiger charge is 2.10. The van der Waals surface area contributed by atoms with Gasteiger partial charge < -0.3 is 10.0 Å². The Morgan fingerprint density at radius 1 is 1.47 bits per heavy atom. The van der Waals surface area contributed by atoms with Crippen molar-refractivity contribution < 1.29 is 5.11 Å². The maximum atomic E-state index is 9.07. The Balaban J connectivity index is 2.89. The molecule has 0 saturated carbocycles. The molecule has 1 heterocycles. The van der Waals surface area contributed by atoms with Crippen LogP contribution in [0.5, 0.6) is 0 Å². The highest BCUT2D eigenvalue weighted by Crippen LogP contribution is 2.15. The fourth-order valence-electron chi connectivity index (χ4n) is 1.59. The number of anilines is 1. The molecule has 1 N–H and O–H groups in total. The van der Waals surface area contributed by atoms with Crippen molar-refractivity contribution in [3.05, 3.63) is 23.9 Å².